The van der Waals surface area contributed by atoms with Crippen molar-refractivity contribution in [2.75, 3.05) is 37.6 Å². The molecule has 7 heteroatoms. The van der Waals surface area contributed by atoms with Gasteiger partial charge in [-0.25, -0.2) is 9.97 Å². The number of amides is 2. The topological polar surface area (TPSA) is 78.4 Å². The highest BCUT2D eigenvalue weighted by Crippen LogP contribution is 2.44. The number of fused-ring (bicyclic) bond motifs is 1. The Kier molecular flexibility index (Phi) is 4.92. The molecule has 156 valence electrons. The minimum Gasteiger partial charge on any atom is -0.355 e. The molecule has 0 aromatic carbocycles. The summed E-state index contributed by atoms with van der Waals surface area (Å²) in [4.78, 5) is 39.3. The molecule has 2 saturated heterocycles. The maximum atomic E-state index is 13.4. The van der Waals surface area contributed by atoms with Gasteiger partial charge >= 0.3 is 0 Å². The summed E-state index contributed by atoms with van der Waals surface area (Å²) >= 11 is 0. The number of hydrogen-bond donors (Lipinski definition) is 1. The lowest BCUT2D eigenvalue weighted by molar-refractivity contribution is -0.135. The Labute approximate surface area is 172 Å². The van der Waals surface area contributed by atoms with E-state index in [1.165, 1.54) is 25.7 Å². The van der Waals surface area contributed by atoms with E-state index in [-0.39, 0.29) is 17.7 Å². The summed E-state index contributed by atoms with van der Waals surface area (Å²) in [6.45, 7) is 3.61. The van der Waals surface area contributed by atoms with E-state index in [4.69, 9.17) is 0 Å². The number of aromatic nitrogens is 2. The third-order valence-electron chi connectivity index (χ3n) is 7.24. The van der Waals surface area contributed by atoms with Crippen molar-refractivity contribution in [2.24, 2.45) is 23.2 Å². The summed E-state index contributed by atoms with van der Waals surface area (Å²) in [6.07, 6.45) is 10.7. The molecule has 0 radical (unpaired) electrons. The third-order valence-corrected chi connectivity index (χ3v) is 7.24. The van der Waals surface area contributed by atoms with E-state index in [1.807, 2.05) is 11.0 Å². The van der Waals surface area contributed by atoms with Gasteiger partial charge in [0.1, 0.15) is 0 Å². The third kappa shape index (κ3) is 3.96. The Morgan fingerprint density at radius 2 is 1.86 bits per heavy atom. The predicted octanol–water partition coefficient (Wildman–Crippen LogP) is 1.85. The second-order valence-corrected chi connectivity index (χ2v) is 9.53. The van der Waals surface area contributed by atoms with Gasteiger partial charge in [-0.05, 0) is 56.4 Å². The molecule has 0 spiro atoms. The second-order valence-electron chi connectivity index (χ2n) is 9.53. The number of nitrogens with zero attached hydrogens (tertiary/aromatic N) is 4. The van der Waals surface area contributed by atoms with E-state index in [0.717, 1.165) is 32.5 Å². The second kappa shape index (κ2) is 7.58. The zero-order valence-corrected chi connectivity index (χ0v) is 17.1. The lowest BCUT2D eigenvalue weighted by atomic mass is 9.74. The number of rotatable bonds is 6. The summed E-state index contributed by atoms with van der Waals surface area (Å²) < 4.78 is 0. The van der Waals surface area contributed by atoms with Crippen LogP contribution in [0, 0.1) is 23.2 Å². The van der Waals surface area contributed by atoms with Crippen molar-refractivity contribution in [1.29, 1.82) is 0 Å². The van der Waals surface area contributed by atoms with Gasteiger partial charge in [-0.3, -0.25) is 9.59 Å². The van der Waals surface area contributed by atoms with Crippen molar-refractivity contribution in [3.05, 3.63) is 18.5 Å². The van der Waals surface area contributed by atoms with Crippen LogP contribution < -0.4 is 10.2 Å². The van der Waals surface area contributed by atoms with E-state index < -0.39 is 5.41 Å². The van der Waals surface area contributed by atoms with Gasteiger partial charge in [-0.1, -0.05) is 0 Å². The largest absolute Gasteiger partial charge is 0.355 e. The molecular formula is C22H31N5O2. The van der Waals surface area contributed by atoms with Crippen molar-refractivity contribution in [3.8, 4) is 0 Å². The first-order chi connectivity index (χ1) is 14.1. The Morgan fingerprint density at radius 1 is 1.10 bits per heavy atom. The average Bonchev–Trinajstić information content (AvgIpc) is 3.65. The normalized spacial score (nSPS) is 29.3. The molecule has 1 aromatic heterocycles. The van der Waals surface area contributed by atoms with Crippen LogP contribution in [0.25, 0.3) is 0 Å². The van der Waals surface area contributed by atoms with Crippen LogP contribution in [0.5, 0.6) is 0 Å². The molecule has 4 fully saturated rings. The number of likely N-dealkylation sites (tertiary alicyclic amines) is 1. The van der Waals surface area contributed by atoms with Crippen LogP contribution in [-0.2, 0) is 9.59 Å². The fraction of sp³-hybridized carbons (Fsp3) is 0.727. The van der Waals surface area contributed by atoms with Gasteiger partial charge in [-0.2, -0.15) is 0 Å². The fourth-order valence-electron chi connectivity index (χ4n) is 5.07. The van der Waals surface area contributed by atoms with Crippen LogP contribution in [0.1, 0.15) is 44.9 Å². The average molecular weight is 398 g/mol. The van der Waals surface area contributed by atoms with Gasteiger partial charge in [0.05, 0.1) is 5.41 Å². The first-order valence-corrected chi connectivity index (χ1v) is 11.2. The van der Waals surface area contributed by atoms with Gasteiger partial charge in [0, 0.05) is 57.5 Å². The summed E-state index contributed by atoms with van der Waals surface area (Å²) in [7, 11) is 0. The van der Waals surface area contributed by atoms with E-state index >= 15 is 0 Å². The monoisotopic (exact) mass is 397 g/mol. The lowest BCUT2D eigenvalue weighted by Crippen LogP contribution is -2.48. The van der Waals surface area contributed by atoms with Crippen molar-refractivity contribution < 1.29 is 9.59 Å². The summed E-state index contributed by atoms with van der Waals surface area (Å²) in [5, 5.41) is 3.25. The predicted molar refractivity (Wildman–Crippen MR) is 109 cm³/mol. The molecule has 4 aliphatic rings. The lowest BCUT2D eigenvalue weighted by Gasteiger charge is -2.32. The molecule has 7 nitrogen and oxygen atoms in total. The Balaban J connectivity index is 1.36. The van der Waals surface area contributed by atoms with Gasteiger partial charge < -0.3 is 15.1 Å². The first-order valence-electron chi connectivity index (χ1n) is 11.2. The Bertz CT molecular complexity index is 764. The summed E-state index contributed by atoms with van der Waals surface area (Å²) in [5.41, 5.74) is -0.456. The van der Waals surface area contributed by atoms with Gasteiger partial charge in [0.25, 0.3) is 0 Å². The molecule has 5 rings (SSSR count). The minimum atomic E-state index is -0.456. The Hall–Kier alpha value is -2.18. The number of nitrogens with one attached hydrogen (secondary N) is 1. The number of carbonyl (C=O) groups is 2. The minimum absolute atomic E-state index is 0.121. The van der Waals surface area contributed by atoms with E-state index in [0.29, 0.717) is 37.3 Å². The molecule has 29 heavy (non-hydrogen) atoms. The van der Waals surface area contributed by atoms with Crippen molar-refractivity contribution in [3.63, 3.8) is 0 Å². The fourth-order valence-corrected chi connectivity index (χ4v) is 5.07. The van der Waals surface area contributed by atoms with E-state index in [9.17, 15) is 9.59 Å². The summed E-state index contributed by atoms with van der Waals surface area (Å²) in [6, 6.07) is 1.81. The van der Waals surface area contributed by atoms with Crippen LogP contribution in [0.4, 0.5) is 5.95 Å². The zero-order chi connectivity index (χ0) is 19.8. The molecule has 2 amide bonds. The van der Waals surface area contributed by atoms with Crippen LogP contribution in [0.15, 0.2) is 18.5 Å². The van der Waals surface area contributed by atoms with Crippen LogP contribution in [-0.4, -0.2) is 59.4 Å². The maximum absolute atomic E-state index is 13.4. The number of anilines is 1. The molecule has 2 saturated carbocycles. The smallest absolute Gasteiger partial charge is 0.228 e. The standard InChI is InChI=1S/C22H31N5O2/c28-19(11-16-3-4-16)26-10-1-7-22(20(29)25-12-17-5-6-17)15-27(14-18(22)13-26)21-23-8-2-9-24-21/h2,8-9,16-18H,1,3-7,10-15H2,(H,25,29)/t18-,22-/m0/s1. The Morgan fingerprint density at radius 3 is 2.59 bits per heavy atom. The number of carbonyl (C=O) groups excluding carboxylic acids is 2. The molecule has 0 unspecified atom stereocenters. The molecule has 1 aromatic rings. The molecular weight excluding hydrogens is 366 g/mol. The quantitative estimate of drug-likeness (QED) is 0.793. The molecule has 0 bridgehead atoms. The van der Waals surface area contributed by atoms with Crippen molar-refractivity contribution >= 4 is 17.8 Å². The van der Waals surface area contributed by atoms with E-state index in [2.05, 4.69) is 20.2 Å². The van der Waals surface area contributed by atoms with Gasteiger partial charge in [0.15, 0.2) is 0 Å². The van der Waals surface area contributed by atoms with Crippen molar-refractivity contribution in [2.45, 2.75) is 44.9 Å². The highest BCUT2D eigenvalue weighted by Gasteiger charge is 2.54. The van der Waals surface area contributed by atoms with Gasteiger partial charge in [-0.15, -0.1) is 0 Å². The highest BCUT2D eigenvalue weighted by atomic mass is 16.2. The summed E-state index contributed by atoms with van der Waals surface area (Å²) in [5.74, 6) is 2.50. The zero-order valence-electron chi connectivity index (χ0n) is 17.1. The van der Waals surface area contributed by atoms with Crippen LogP contribution >= 0.6 is 0 Å². The van der Waals surface area contributed by atoms with Crippen molar-refractivity contribution in [1.82, 2.24) is 20.2 Å². The van der Waals surface area contributed by atoms with Crippen LogP contribution in [0.2, 0.25) is 0 Å². The molecule has 3 heterocycles. The van der Waals surface area contributed by atoms with E-state index in [1.54, 1.807) is 12.4 Å². The SMILES string of the molecule is O=C(CC1CC1)N1CCC[C@]2(C(=O)NCC3CC3)CN(c3ncccn3)C[C@@H]2C1. The number of hydrogen-bond acceptors (Lipinski definition) is 5. The highest BCUT2D eigenvalue weighted by molar-refractivity contribution is 5.85. The molecule has 2 aliphatic heterocycles. The molecule has 2 aliphatic carbocycles. The molecule has 2 atom stereocenters. The maximum Gasteiger partial charge on any atom is 0.228 e. The van der Waals surface area contributed by atoms with Crippen LogP contribution in [0.3, 0.4) is 0 Å². The van der Waals surface area contributed by atoms with Gasteiger partial charge in [0.2, 0.25) is 17.8 Å². The first kappa shape index (κ1) is 18.8. The molecule has 1 N–H and O–H groups in total.